The summed E-state index contributed by atoms with van der Waals surface area (Å²) in [7, 11) is 0. The SMILES string of the molecule is C=CCCC(=O)CCCCC(CCCOC#N)CN=C=O.C=CCCC(=O)CCc1cc(OC#CN)cc(OC#CN)c1.C=CCOOCCOC(=O)CCc1cc(OC#CN)cc(OC#CN)c1.C=Cc1ccc(CC(=O)CCCCC(CCCOC#N)CN=C=O)cc1. The number of aliphatic imine (C=N–C) groups is 2. The highest BCUT2D eigenvalue weighted by atomic mass is 17.2. The van der Waals surface area contributed by atoms with Gasteiger partial charge in [-0.05, 0) is 135 Å². The number of ether oxygens (including phenoxy) is 7. The Hall–Kier alpha value is -11.0. The average molecular weight is 1310 g/mol. The van der Waals surface area contributed by atoms with E-state index in [4.69, 9.17) is 66.9 Å². The van der Waals surface area contributed by atoms with Crippen LogP contribution >= 0.6 is 0 Å². The number of nitrogens with zero attached hydrogens (tertiary/aromatic N) is 4. The van der Waals surface area contributed by atoms with Crippen molar-refractivity contribution in [2.75, 3.05) is 46.1 Å². The summed E-state index contributed by atoms with van der Waals surface area (Å²) in [5.74, 6) is 2.58. The van der Waals surface area contributed by atoms with Crippen LogP contribution in [0.4, 0.5) is 0 Å². The van der Waals surface area contributed by atoms with E-state index in [0.717, 1.165) is 92.9 Å². The van der Waals surface area contributed by atoms with E-state index in [1.807, 2.05) is 24.3 Å². The summed E-state index contributed by atoms with van der Waals surface area (Å²) in [4.78, 5) is 84.3. The first-order valence-corrected chi connectivity index (χ1v) is 30.7. The Morgan fingerprint density at radius 2 is 0.916 bits per heavy atom. The van der Waals surface area contributed by atoms with Gasteiger partial charge in [0.1, 0.15) is 97.8 Å². The predicted molar refractivity (Wildman–Crippen MR) is 359 cm³/mol. The molecule has 2 atom stereocenters. The van der Waals surface area contributed by atoms with E-state index >= 15 is 0 Å². The van der Waals surface area contributed by atoms with Crippen LogP contribution in [0.3, 0.4) is 0 Å². The number of carbonyl (C=O) groups is 4. The van der Waals surface area contributed by atoms with E-state index in [1.165, 1.54) is 0 Å². The Balaban J connectivity index is 0.00000125. The topological polar surface area (TPSA) is 362 Å². The van der Waals surface area contributed by atoms with Crippen molar-refractivity contribution in [1.82, 2.24) is 0 Å². The van der Waals surface area contributed by atoms with Crippen molar-refractivity contribution in [3.8, 4) is 84.1 Å². The summed E-state index contributed by atoms with van der Waals surface area (Å²) in [5.41, 5.74) is 24.0. The highest BCUT2D eigenvalue weighted by molar-refractivity contribution is 5.81. The fourth-order valence-electron chi connectivity index (χ4n) is 8.43. The minimum absolute atomic E-state index is 0.0890. The largest absolute Gasteiger partial charge is 0.463 e. The molecule has 0 aliphatic carbocycles. The number of allylic oxidation sites excluding steroid dienone is 2. The second-order valence-electron chi connectivity index (χ2n) is 20.3. The number of benzene rings is 3. The van der Waals surface area contributed by atoms with Gasteiger partial charge in [0, 0.05) is 81.3 Å². The average Bonchev–Trinajstić information content (AvgIpc) is 1.42. The van der Waals surface area contributed by atoms with Crippen molar-refractivity contribution in [3.05, 3.63) is 127 Å². The molecule has 0 radical (unpaired) electrons. The molecule has 0 aromatic heterocycles. The molecule has 0 amide bonds. The fraction of sp³-hybridized carbons (Fsp3) is 0.417. The quantitative estimate of drug-likeness (QED) is 0.00390. The summed E-state index contributed by atoms with van der Waals surface area (Å²) in [5, 5.41) is 16.6. The van der Waals surface area contributed by atoms with Gasteiger partial charge in [0.15, 0.2) is 0 Å². The molecule has 23 heteroatoms. The van der Waals surface area contributed by atoms with Gasteiger partial charge in [-0.3, -0.25) is 19.2 Å². The molecule has 0 aliphatic heterocycles. The van der Waals surface area contributed by atoms with Gasteiger partial charge >= 0.3 is 5.97 Å². The molecule has 0 spiro atoms. The molecule has 3 aromatic rings. The molecule has 0 saturated carbocycles. The van der Waals surface area contributed by atoms with Crippen molar-refractivity contribution < 1.29 is 71.7 Å². The van der Waals surface area contributed by atoms with Crippen LogP contribution in [0.25, 0.3) is 6.08 Å². The number of ketones is 3. The second-order valence-corrected chi connectivity index (χ2v) is 20.3. The number of hydrogen-bond acceptors (Lipinski definition) is 23. The molecule has 3 rings (SSSR count). The Bertz CT molecular complexity index is 3150. The van der Waals surface area contributed by atoms with Gasteiger partial charge in [0.2, 0.25) is 12.2 Å². The molecule has 95 heavy (non-hydrogen) atoms. The van der Waals surface area contributed by atoms with Gasteiger partial charge in [0.05, 0.1) is 13.1 Å². The molecule has 23 nitrogen and oxygen atoms in total. The predicted octanol–water partition coefficient (Wildman–Crippen LogP) is 10.0. The lowest BCUT2D eigenvalue weighted by Gasteiger charge is -2.13. The van der Waals surface area contributed by atoms with E-state index in [2.05, 4.69) is 94.4 Å². The van der Waals surface area contributed by atoms with Gasteiger partial charge in [0.25, 0.3) is 12.5 Å². The second kappa shape index (κ2) is 60.6. The maximum atomic E-state index is 12.1. The summed E-state index contributed by atoms with van der Waals surface area (Å²) in [6, 6.07) is 26.5. The van der Waals surface area contributed by atoms with Gasteiger partial charge in [-0.2, -0.15) is 10.5 Å². The summed E-state index contributed by atoms with van der Waals surface area (Å²) in [6.07, 6.45) is 36.7. The van der Waals surface area contributed by atoms with Crippen LogP contribution in [0.1, 0.15) is 138 Å². The van der Waals surface area contributed by atoms with Crippen molar-refractivity contribution in [1.29, 1.82) is 10.5 Å². The van der Waals surface area contributed by atoms with Crippen molar-refractivity contribution in [2.24, 2.45) is 44.8 Å². The molecule has 0 aliphatic rings. The molecule has 0 fully saturated rings. The zero-order valence-electron chi connectivity index (χ0n) is 54.1. The van der Waals surface area contributed by atoms with Crippen molar-refractivity contribution in [3.63, 3.8) is 0 Å². The Kier molecular flexibility index (Phi) is 53.5. The van der Waals surface area contributed by atoms with E-state index in [0.29, 0.717) is 107 Å². The number of hydrogen-bond donors (Lipinski definition) is 4. The Morgan fingerprint density at radius 3 is 1.33 bits per heavy atom. The molecule has 8 N–H and O–H groups in total. The monoisotopic (exact) mass is 1300 g/mol. The number of rotatable bonds is 47. The first-order chi connectivity index (χ1) is 46.3. The maximum Gasteiger partial charge on any atom is 0.306 e. The number of isocyanates is 2. The lowest BCUT2D eigenvalue weighted by Crippen LogP contribution is -2.11. The van der Waals surface area contributed by atoms with Crippen LogP contribution in [-0.2, 0) is 72.0 Å². The number of carbonyl (C=O) groups excluding carboxylic acids is 6. The molecule has 2 unspecified atom stereocenters. The van der Waals surface area contributed by atoms with E-state index in [9.17, 15) is 28.8 Å². The first-order valence-electron chi connectivity index (χ1n) is 30.7. The number of Topliss-reactive ketones (excluding diaryl/α,β-unsaturated/α-hetero) is 3. The van der Waals surface area contributed by atoms with Gasteiger partial charge < -0.3 is 56.1 Å². The molecule has 3 aromatic carbocycles. The van der Waals surface area contributed by atoms with Crippen LogP contribution in [-0.4, -0.2) is 81.6 Å². The normalized spacial score (nSPS) is 9.96. The minimum Gasteiger partial charge on any atom is -0.463 e. The fourth-order valence-corrected chi connectivity index (χ4v) is 8.43. The Labute approximate surface area is 558 Å². The summed E-state index contributed by atoms with van der Waals surface area (Å²) >= 11 is 0. The molecular weight excluding hydrogens is 1220 g/mol. The van der Waals surface area contributed by atoms with E-state index in [-0.39, 0.29) is 61.4 Å². The standard InChI is InChI=1S/C21H26N2O3.C18H20N2O6.C17H18N2O3.C16H24N2O3/c1-2-18-9-11-19(12-10-18)14-21(25)8-4-3-6-20(15-23-17-24)7-5-13-26-16-22;1-2-7-25-26-11-10-24-18(21)4-3-15-12-16(22-8-5-19)14-17(13-15)23-9-6-20;1-2-3-4-15(20)6-5-14-11-16(21-9-7-18)13-17(12-14)22-10-8-19;1-2-3-9-16(20)10-5-4-7-15(12-18-14-19)8-6-11-21-13-17/h2,9-12,20H,1,3-8,13-15H2;2,12-14H,1,3-4,7,10-11,19-20H2;2,11-13H,1,3-6,18-19H2;2,15H,1,3-12H2. The molecular formula is C72H88N8O15. The minimum atomic E-state index is -0.380. The first kappa shape index (κ1) is 84.0. The smallest absolute Gasteiger partial charge is 0.306 e. The van der Waals surface area contributed by atoms with Gasteiger partial charge in [-0.15, -0.1) is 19.7 Å². The number of aryl methyl sites for hydroxylation is 2. The highest BCUT2D eigenvalue weighted by Gasteiger charge is 2.13. The molecule has 0 bridgehead atoms. The van der Waals surface area contributed by atoms with Crippen LogP contribution < -0.4 is 41.9 Å². The number of esters is 1. The molecule has 0 heterocycles. The molecule has 506 valence electrons. The number of nitrogens with two attached hydrogens (primary N) is 4. The van der Waals surface area contributed by atoms with E-state index in [1.54, 1.807) is 85.4 Å². The van der Waals surface area contributed by atoms with Crippen molar-refractivity contribution >= 4 is 41.6 Å². The van der Waals surface area contributed by atoms with Crippen LogP contribution in [0, 0.1) is 83.5 Å². The Morgan fingerprint density at radius 1 is 0.484 bits per heavy atom. The molecule has 0 saturated heterocycles. The third-order valence-corrected chi connectivity index (χ3v) is 13.0. The maximum absolute atomic E-state index is 12.1. The van der Waals surface area contributed by atoms with Gasteiger partial charge in [-0.25, -0.2) is 29.3 Å². The summed E-state index contributed by atoms with van der Waals surface area (Å²) in [6.45, 7) is 16.6. The van der Waals surface area contributed by atoms with Crippen LogP contribution in [0.5, 0.6) is 23.0 Å². The third kappa shape index (κ3) is 49.4. The van der Waals surface area contributed by atoms with Crippen LogP contribution in [0.2, 0.25) is 0 Å². The lowest BCUT2D eigenvalue weighted by atomic mass is 9.95. The third-order valence-electron chi connectivity index (χ3n) is 13.0. The van der Waals surface area contributed by atoms with Crippen molar-refractivity contribution in [2.45, 2.75) is 135 Å². The van der Waals surface area contributed by atoms with Crippen LogP contribution in [0.15, 0.2) is 115 Å². The summed E-state index contributed by atoms with van der Waals surface area (Å²) < 4.78 is 34.9. The number of unbranched alkanes of at least 4 members (excludes halogenated alkanes) is 2. The highest BCUT2D eigenvalue weighted by Crippen LogP contribution is 2.26. The zero-order valence-corrected chi connectivity index (χ0v) is 54.1. The zero-order chi connectivity index (χ0) is 70.0. The van der Waals surface area contributed by atoms with E-state index < -0.39 is 0 Å². The van der Waals surface area contributed by atoms with Gasteiger partial charge in [-0.1, -0.05) is 68.0 Å². The lowest BCUT2D eigenvalue weighted by molar-refractivity contribution is -0.290. The number of nitriles is 2.